The first-order valence-electron chi connectivity index (χ1n) is 8.75. The summed E-state index contributed by atoms with van der Waals surface area (Å²) in [5.41, 5.74) is 0.849. The van der Waals surface area contributed by atoms with E-state index >= 15 is 0 Å². The fourth-order valence-corrected chi connectivity index (χ4v) is 2.97. The van der Waals surface area contributed by atoms with Gasteiger partial charge in [-0.2, -0.15) is 0 Å². The highest BCUT2D eigenvalue weighted by Crippen LogP contribution is 2.09. The Balaban J connectivity index is 0.00000243. The van der Waals surface area contributed by atoms with Gasteiger partial charge in [0.1, 0.15) is 5.82 Å². The monoisotopic (exact) mass is 471 g/mol. The number of amides is 1. The smallest absolute Gasteiger partial charge is 0.222 e. The number of rotatable bonds is 5. The lowest BCUT2D eigenvalue weighted by atomic mass is 10.1. The van der Waals surface area contributed by atoms with E-state index in [1.54, 1.807) is 4.90 Å². The van der Waals surface area contributed by atoms with Crippen molar-refractivity contribution in [2.24, 2.45) is 4.99 Å². The van der Waals surface area contributed by atoms with Gasteiger partial charge in [0.05, 0.1) is 0 Å². The first-order valence-corrected chi connectivity index (χ1v) is 8.75. The number of likely N-dealkylation sites (N-methyl/N-ethyl adjacent to an activating group) is 1. The Hall–Kier alpha value is -1.91. The second kappa shape index (κ2) is 9.70. The minimum absolute atomic E-state index is 0. The molecule has 1 atom stereocenters. The molecule has 0 aromatic carbocycles. The average molecular weight is 471 g/mol. The van der Waals surface area contributed by atoms with Crippen LogP contribution in [-0.2, 0) is 11.2 Å². The normalized spacial score (nSPS) is 17.9. The zero-order chi connectivity index (χ0) is 17.6. The van der Waals surface area contributed by atoms with Crippen LogP contribution in [0.1, 0.15) is 25.6 Å². The molecule has 3 heterocycles. The third-order valence-electron chi connectivity index (χ3n) is 4.30. The van der Waals surface area contributed by atoms with Gasteiger partial charge in [-0.25, -0.2) is 0 Å². The molecule has 1 aliphatic rings. The number of hydrogen-bond donors (Lipinski definition) is 2. The maximum absolute atomic E-state index is 11.6. The molecule has 1 saturated heterocycles. The number of likely N-dealkylation sites (tertiary alicyclic amines) is 1. The number of carbonyl (C=O) groups excluding carboxylic acids is 1. The van der Waals surface area contributed by atoms with Crippen molar-refractivity contribution in [3.05, 3.63) is 30.2 Å². The molecule has 142 valence electrons. The molecular formula is C17H26IN7O. The van der Waals surface area contributed by atoms with Crippen LogP contribution in [0.3, 0.4) is 0 Å². The minimum Gasteiger partial charge on any atom is -0.357 e. The first-order chi connectivity index (χ1) is 12.2. The molecule has 0 spiro atoms. The molecule has 1 aliphatic heterocycles. The Morgan fingerprint density at radius 3 is 3.00 bits per heavy atom. The van der Waals surface area contributed by atoms with E-state index in [9.17, 15) is 4.79 Å². The second-order valence-corrected chi connectivity index (χ2v) is 6.21. The van der Waals surface area contributed by atoms with Crippen LogP contribution in [0, 0.1) is 0 Å². The number of aliphatic imine (C=N–C) groups is 1. The third-order valence-corrected chi connectivity index (χ3v) is 4.30. The molecule has 2 aromatic heterocycles. The van der Waals surface area contributed by atoms with E-state index in [-0.39, 0.29) is 35.9 Å². The number of guanidine groups is 1. The molecule has 0 bridgehead atoms. The maximum Gasteiger partial charge on any atom is 0.222 e. The summed E-state index contributed by atoms with van der Waals surface area (Å²) in [5, 5.41) is 15.1. The highest BCUT2D eigenvalue weighted by molar-refractivity contribution is 14.0. The van der Waals surface area contributed by atoms with Crippen molar-refractivity contribution >= 4 is 41.5 Å². The Morgan fingerprint density at radius 1 is 1.38 bits per heavy atom. The summed E-state index contributed by atoms with van der Waals surface area (Å²) in [7, 11) is 1.84. The Morgan fingerprint density at radius 2 is 2.23 bits per heavy atom. The van der Waals surface area contributed by atoms with Crippen molar-refractivity contribution in [3.63, 3.8) is 0 Å². The Labute approximate surface area is 170 Å². The fourth-order valence-electron chi connectivity index (χ4n) is 2.97. The molecule has 0 radical (unpaired) electrons. The maximum atomic E-state index is 11.6. The number of carbonyl (C=O) groups is 1. The molecule has 9 heteroatoms. The molecule has 0 aliphatic carbocycles. The van der Waals surface area contributed by atoms with Gasteiger partial charge in [-0.05, 0) is 25.5 Å². The van der Waals surface area contributed by atoms with E-state index in [4.69, 9.17) is 0 Å². The van der Waals surface area contributed by atoms with Gasteiger partial charge in [0.15, 0.2) is 11.6 Å². The van der Waals surface area contributed by atoms with Crippen LogP contribution < -0.4 is 10.6 Å². The first kappa shape index (κ1) is 20.4. The quantitative estimate of drug-likeness (QED) is 0.387. The molecule has 0 saturated carbocycles. The van der Waals surface area contributed by atoms with Crippen LogP contribution in [0.15, 0.2) is 29.4 Å². The molecule has 3 rings (SSSR count). The van der Waals surface area contributed by atoms with E-state index in [0.29, 0.717) is 25.9 Å². The van der Waals surface area contributed by atoms with Crippen molar-refractivity contribution in [3.8, 4) is 0 Å². The molecule has 1 fully saturated rings. The van der Waals surface area contributed by atoms with Crippen molar-refractivity contribution in [2.75, 3.05) is 26.7 Å². The number of nitrogens with one attached hydrogen (secondary N) is 2. The van der Waals surface area contributed by atoms with Crippen molar-refractivity contribution in [1.29, 1.82) is 0 Å². The molecule has 1 unspecified atom stereocenters. The van der Waals surface area contributed by atoms with Crippen LogP contribution in [-0.4, -0.2) is 64.1 Å². The Kier molecular flexibility index (Phi) is 7.61. The number of nitrogens with zero attached hydrogens (tertiary/aromatic N) is 5. The third kappa shape index (κ3) is 5.05. The number of pyridine rings is 1. The van der Waals surface area contributed by atoms with Crippen molar-refractivity contribution in [2.45, 2.75) is 32.2 Å². The number of halogens is 1. The van der Waals surface area contributed by atoms with Crippen LogP contribution in [0.4, 0.5) is 0 Å². The summed E-state index contributed by atoms with van der Waals surface area (Å²) in [6.07, 6.45) is 4.10. The van der Waals surface area contributed by atoms with Crippen LogP contribution in [0.5, 0.6) is 0 Å². The lowest BCUT2D eigenvalue weighted by Crippen LogP contribution is -2.51. The van der Waals surface area contributed by atoms with Gasteiger partial charge in [0.2, 0.25) is 5.91 Å². The van der Waals surface area contributed by atoms with Crippen molar-refractivity contribution < 1.29 is 4.79 Å². The molecular weight excluding hydrogens is 445 g/mol. The summed E-state index contributed by atoms with van der Waals surface area (Å²) < 4.78 is 1.98. The number of hydrogen-bond acceptors (Lipinski definition) is 4. The summed E-state index contributed by atoms with van der Waals surface area (Å²) in [4.78, 5) is 18.0. The molecule has 2 aromatic rings. The highest BCUT2D eigenvalue weighted by atomic mass is 127. The van der Waals surface area contributed by atoms with Gasteiger partial charge < -0.3 is 15.5 Å². The minimum atomic E-state index is 0. The standard InChI is InChI=1S/C17H25N7O.HI/c1-3-18-17(20-13-7-8-16(25)23(2)12-13)19-10-9-15-22-21-14-6-4-5-11-24(14)15;/h4-6,11,13H,3,7-10,12H2,1-2H3,(H2,18,19,20);1H. The van der Waals surface area contributed by atoms with E-state index in [1.807, 2.05) is 42.8 Å². The zero-order valence-electron chi connectivity index (χ0n) is 15.2. The van der Waals surface area contributed by atoms with E-state index in [2.05, 4.69) is 25.8 Å². The molecule has 1 amide bonds. The molecule has 26 heavy (non-hydrogen) atoms. The Bertz CT molecular complexity index is 760. The SMILES string of the molecule is CCNC(=NCCc1nnc2ccccn12)NC1CCC(=O)N(C)C1.I. The average Bonchev–Trinajstić information content (AvgIpc) is 3.02. The van der Waals surface area contributed by atoms with Gasteiger partial charge in [-0.15, -0.1) is 34.2 Å². The highest BCUT2D eigenvalue weighted by Gasteiger charge is 2.23. The van der Waals surface area contributed by atoms with Gasteiger partial charge >= 0.3 is 0 Å². The lowest BCUT2D eigenvalue weighted by molar-refractivity contribution is -0.132. The van der Waals surface area contributed by atoms with Gasteiger partial charge in [-0.3, -0.25) is 14.2 Å². The van der Waals surface area contributed by atoms with Gasteiger partial charge in [-0.1, -0.05) is 6.07 Å². The second-order valence-electron chi connectivity index (χ2n) is 6.21. The number of fused-ring (bicyclic) bond motifs is 1. The summed E-state index contributed by atoms with van der Waals surface area (Å²) in [5.74, 6) is 1.89. The van der Waals surface area contributed by atoms with Gasteiger partial charge in [0, 0.05) is 51.8 Å². The van der Waals surface area contributed by atoms with E-state index in [1.165, 1.54) is 0 Å². The van der Waals surface area contributed by atoms with Crippen LogP contribution in [0.25, 0.3) is 5.65 Å². The van der Waals surface area contributed by atoms with Crippen LogP contribution >= 0.6 is 24.0 Å². The molecule has 2 N–H and O–H groups in total. The van der Waals surface area contributed by atoms with Crippen LogP contribution in [0.2, 0.25) is 0 Å². The largest absolute Gasteiger partial charge is 0.357 e. The summed E-state index contributed by atoms with van der Waals surface area (Å²) >= 11 is 0. The topological polar surface area (TPSA) is 86.9 Å². The molecule has 8 nitrogen and oxygen atoms in total. The number of aromatic nitrogens is 3. The predicted octanol–water partition coefficient (Wildman–Crippen LogP) is 1.07. The predicted molar refractivity (Wildman–Crippen MR) is 112 cm³/mol. The van der Waals surface area contributed by atoms with Gasteiger partial charge in [0.25, 0.3) is 0 Å². The zero-order valence-corrected chi connectivity index (χ0v) is 17.5. The number of piperidine rings is 1. The fraction of sp³-hybridized carbons (Fsp3) is 0.529. The summed E-state index contributed by atoms with van der Waals surface area (Å²) in [6, 6.07) is 6.09. The van der Waals surface area contributed by atoms with E-state index < -0.39 is 0 Å². The summed E-state index contributed by atoms with van der Waals surface area (Å²) in [6.45, 7) is 4.16. The van der Waals surface area contributed by atoms with E-state index in [0.717, 1.165) is 30.4 Å². The van der Waals surface area contributed by atoms with Crippen molar-refractivity contribution in [1.82, 2.24) is 30.1 Å². The lowest BCUT2D eigenvalue weighted by Gasteiger charge is -2.31.